The quantitative estimate of drug-likeness (QED) is 0.333. The Bertz CT molecular complexity index is 1210. The second-order valence-corrected chi connectivity index (χ2v) is 12.2. The van der Waals surface area contributed by atoms with E-state index in [0.29, 0.717) is 47.4 Å². The highest BCUT2D eigenvalue weighted by atomic mass is 16.4. The number of nitrogens with zero attached hydrogens (tertiary/aromatic N) is 3. The number of para-hydroxylation sites is 1. The number of hydrogen-bond acceptors (Lipinski definition) is 7. The topological polar surface area (TPSA) is 111 Å². The smallest absolute Gasteiger partial charge is 0.408 e. The number of carbonyl (C=O) groups is 1. The van der Waals surface area contributed by atoms with E-state index in [-0.39, 0.29) is 5.91 Å². The molecule has 2 aromatic rings. The first-order valence-electron chi connectivity index (χ1n) is 15.5. The number of rotatable bonds is 12. The molecule has 4 rings (SSSR count). The molecule has 1 saturated heterocycles. The van der Waals surface area contributed by atoms with E-state index in [0.717, 1.165) is 38.9 Å². The predicted octanol–water partition coefficient (Wildman–Crippen LogP) is 6.02. The molecule has 218 valence electrons. The van der Waals surface area contributed by atoms with Crippen LogP contribution in [-0.4, -0.2) is 47.0 Å². The van der Waals surface area contributed by atoms with E-state index in [1.807, 2.05) is 18.2 Å². The van der Waals surface area contributed by atoms with Crippen LogP contribution in [0.1, 0.15) is 97.8 Å². The second-order valence-electron chi connectivity index (χ2n) is 12.2. The summed E-state index contributed by atoms with van der Waals surface area (Å²) in [6, 6.07) is 9.08. The molecule has 2 aliphatic rings. The van der Waals surface area contributed by atoms with Gasteiger partial charge in [0.1, 0.15) is 23.0 Å². The molecule has 40 heavy (non-hydrogen) atoms. The van der Waals surface area contributed by atoms with Crippen LogP contribution in [-0.2, 0) is 4.79 Å². The van der Waals surface area contributed by atoms with Crippen LogP contribution in [0.25, 0.3) is 11.0 Å². The van der Waals surface area contributed by atoms with Gasteiger partial charge in [0, 0.05) is 13.1 Å². The molecule has 0 bridgehead atoms. The minimum atomic E-state index is -0.879. The van der Waals surface area contributed by atoms with Crippen molar-refractivity contribution in [3.8, 4) is 6.07 Å². The van der Waals surface area contributed by atoms with Crippen LogP contribution in [0.15, 0.2) is 33.5 Å². The van der Waals surface area contributed by atoms with Crippen LogP contribution in [0, 0.1) is 22.7 Å². The zero-order valence-corrected chi connectivity index (χ0v) is 24.6. The summed E-state index contributed by atoms with van der Waals surface area (Å²) in [5.41, 5.74) is -0.0164. The van der Waals surface area contributed by atoms with Crippen molar-refractivity contribution in [2.75, 3.05) is 25.0 Å². The Morgan fingerprint density at radius 3 is 2.40 bits per heavy atom. The molecule has 1 aliphatic heterocycles. The number of nitrogens with one attached hydrogen (secondary N) is 2. The number of likely N-dealkylation sites (tertiary alicyclic amines) is 1. The minimum absolute atomic E-state index is 0.191. The van der Waals surface area contributed by atoms with Crippen LogP contribution in [0.5, 0.6) is 0 Å². The second kappa shape index (κ2) is 13.6. The van der Waals surface area contributed by atoms with Gasteiger partial charge in [-0.1, -0.05) is 45.7 Å². The van der Waals surface area contributed by atoms with Gasteiger partial charge in [-0.2, -0.15) is 10.2 Å². The Labute approximate surface area is 238 Å². The van der Waals surface area contributed by atoms with Crippen molar-refractivity contribution in [3.63, 3.8) is 0 Å². The summed E-state index contributed by atoms with van der Waals surface area (Å²) in [5.74, 6) is -0.138. The van der Waals surface area contributed by atoms with Gasteiger partial charge in [-0.15, -0.1) is 0 Å². The van der Waals surface area contributed by atoms with Crippen LogP contribution < -0.4 is 16.4 Å². The highest BCUT2D eigenvalue weighted by Crippen LogP contribution is 2.46. The number of piperidine rings is 1. The third-order valence-corrected chi connectivity index (χ3v) is 9.29. The Hall–Kier alpha value is -2.92. The lowest BCUT2D eigenvalue weighted by molar-refractivity contribution is -0.124. The Balaban J connectivity index is 1.55. The average molecular weight is 550 g/mol. The molecule has 2 heterocycles. The van der Waals surface area contributed by atoms with Gasteiger partial charge in [0.15, 0.2) is 0 Å². The number of fused-ring (bicyclic) bond motifs is 1. The van der Waals surface area contributed by atoms with Crippen molar-refractivity contribution in [2.45, 2.75) is 109 Å². The van der Waals surface area contributed by atoms with E-state index in [2.05, 4.69) is 47.4 Å². The summed E-state index contributed by atoms with van der Waals surface area (Å²) >= 11 is 0. The first-order chi connectivity index (χ1) is 19.3. The first kappa shape index (κ1) is 30.0. The van der Waals surface area contributed by atoms with E-state index < -0.39 is 17.3 Å². The molecule has 2 N–H and O–H groups in total. The van der Waals surface area contributed by atoms with Gasteiger partial charge in [-0.05, 0) is 94.2 Å². The molecule has 1 amide bonds. The molecule has 1 aromatic heterocycles. The van der Waals surface area contributed by atoms with Crippen molar-refractivity contribution >= 4 is 22.7 Å². The fourth-order valence-electron chi connectivity index (χ4n) is 7.13. The van der Waals surface area contributed by atoms with Crippen molar-refractivity contribution in [1.29, 1.82) is 5.26 Å². The van der Waals surface area contributed by atoms with E-state index in [1.54, 1.807) is 6.07 Å². The standard InChI is InChI=1S/C32H47N5O3/c1-4-13-31(14-5-2)15-11-24(12-16-31)22-26(34-28-25-9-7-8-10-27(25)40-30(39)35-28)29(38)36-32(23-33)17-20-37(19-6-3)21-18-32/h7-10,24,26H,4-6,11-22H2,1-3H3,(H,36,38)(H,34,35,39). The van der Waals surface area contributed by atoms with Gasteiger partial charge in [0.05, 0.1) is 11.5 Å². The third-order valence-electron chi connectivity index (χ3n) is 9.29. The normalized spacial score (nSPS) is 20.1. The Morgan fingerprint density at radius 1 is 1.10 bits per heavy atom. The lowest BCUT2D eigenvalue weighted by atomic mass is 9.65. The molecule has 0 spiro atoms. The maximum atomic E-state index is 13.9. The van der Waals surface area contributed by atoms with E-state index in [4.69, 9.17) is 4.42 Å². The first-order valence-corrected chi connectivity index (χ1v) is 15.5. The number of anilines is 1. The summed E-state index contributed by atoms with van der Waals surface area (Å²) in [6.45, 7) is 9.31. The molecule has 8 nitrogen and oxygen atoms in total. The predicted molar refractivity (Wildman–Crippen MR) is 159 cm³/mol. The number of benzene rings is 1. The van der Waals surface area contributed by atoms with Crippen molar-refractivity contribution in [2.24, 2.45) is 11.3 Å². The van der Waals surface area contributed by atoms with Gasteiger partial charge in [-0.25, -0.2) is 4.79 Å². The maximum absolute atomic E-state index is 13.9. The van der Waals surface area contributed by atoms with Crippen LogP contribution >= 0.6 is 0 Å². The number of nitriles is 1. The van der Waals surface area contributed by atoms with Gasteiger partial charge < -0.3 is 20.0 Å². The van der Waals surface area contributed by atoms with Gasteiger partial charge in [0.25, 0.3) is 0 Å². The van der Waals surface area contributed by atoms with Crippen molar-refractivity contribution < 1.29 is 9.21 Å². The van der Waals surface area contributed by atoms with Gasteiger partial charge in [0.2, 0.25) is 5.91 Å². The van der Waals surface area contributed by atoms with Crippen LogP contribution in [0.3, 0.4) is 0 Å². The van der Waals surface area contributed by atoms with E-state index in [9.17, 15) is 14.9 Å². The van der Waals surface area contributed by atoms with E-state index >= 15 is 0 Å². The van der Waals surface area contributed by atoms with Crippen LogP contribution in [0.2, 0.25) is 0 Å². The Morgan fingerprint density at radius 2 is 1.77 bits per heavy atom. The molecule has 1 saturated carbocycles. The van der Waals surface area contributed by atoms with Crippen LogP contribution in [0.4, 0.5) is 5.82 Å². The number of hydrogen-bond donors (Lipinski definition) is 2. The largest absolute Gasteiger partial charge is 0.441 e. The molecule has 1 aliphatic carbocycles. The lowest BCUT2D eigenvalue weighted by Gasteiger charge is -2.42. The monoisotopic (exact) mass is 549 g/mol. The summed E-state index contributed by atoms with van der Waals surface area (Å²) in [5, 5.41) is 17.3. The summed E-state index contributed by atoms with van der Waals surface area (Å²) in [6.07, 6.45) is 12.4. The number of aromatic nitrogens is 1. The molecular formula is C32H47N5O3. The molecule has 1 aromatic carbocycles. The maximum Gasteiger partial charge on any atom is 0.441 e. The molecular weight excluding hydrogens is 502 g/mol. The zero-order chi connectivity index (χ0) is 28.6. The molecule has 2 fully saturated rings. The summed E-state index contributed by atoms with van der Waals surface area (Å²) in [7, 11) is 0. The molecule has 1 atom stereocenters. The van der Waals surface area contributed by atoms with Gasteiger partial charge in [-0.3, -0.25) is 4.79 Å². The van der Waals surface area contributed by atoms with Gasteiger partial charge >= 0.3 is 5.76 Å². The lowest BCUT2D eigenvalue weighted by Crippen LogP contribution is -2.57. The highest BCUT2D eigenvalue weighted by Gasteiger charge is 2.39. The number of amides is 1. The minimum Gasteiger partial charge on any atom is -0.408 e. The third kappa shape index (κ3) is 7.23. The SMILES string of the molecule is CCCN1CCC(C#N)(NC(=O)C(CC2CCC(CCC)(CCC)CC2)Nc2nc(=O)oc3ccccc23)CC1. The van der Waals surface area contributed by atoms with Crippen molar-refractivity contribution in [3.05, 3.63) is 34.8 Å². The molecule has 0 radical (unpaired) electrons. The summed E-state index contributed by atoms with van der Waals surface area (Å²) < 4.78 is 5.29. The highest BCUT2D eigenvalue weighted by molar-refractivity contribution is 5.91. The molecule has 1 unspecified atom stereocenters. The van der Waals surface area contributed by atoms with Crippen molar-refractivity contribution in [1.82, 2.24) is 15.2 Å². The zero-order valence-electron chi connectivity index (χ0n) is 24.6. The fraction of sp³-hybridized carbons (Fsp3) is 0.688. The fourth-order valence-corrected chi connectivity index (χ4v) is 7.13. The van der Waals surface area contributed by atoms with E-state index in [1.165, 1.54) is 38.5 Å². The molecule has 8 heteroatoms. The summed E-state index contributed by atoms with van der Waals surface area (Å²) in [4.78, 5) is 32.7. The Kier molecular flexibility index (Phi) is 10.2. The average Bonchev–Trinajstić information content (AvgIpc) is 2.95. The number of carbonyl (C=O) groups excluding carboxylic acids is 1.